The molecule has 0 aromatic heterocycles. The summed E-state index contributed by atoms with van der Waals surface area (Å²) in [5, 5.41) is 23.6. The summed E-state index contributed by atoms with van der Waals surface area (Å²) >= 11 is 0. The summed E-state index contributed by atoms with van der Waals surface area (Å²) in [7, 11) is 0. The third kappa shape index (κ3) is 4.55. The number of ether oxygens (including phenoxy) is 5. The van der Waals surface area contributed by atoms with E-state index in [0.717, 1.165) is 52.2 Å². The van der Waals surface area contributed by atoms with Gasteiger partial charge in [0.15, 0.2) is 12.4 Å². The van der Waals surface area contributed by atoms with Crippen LogP contribution in [0, 0.1) is 50.7 Å². The first kappa shape index (κ1) is 34.3. The molecule has 8 fully saturated rings. The highest BCUT2D eigenvalue weighted by atomic mass is 16.7. The summed E-state index contributed by atoms with van der Waals surface area (Å²) in [6.07, 6.45) is 6.76. The zero-order valence-corrected chi connectivity index (χ0v) is 30.8. The van der Waals surface area contributed by atoms with Crippen molar-refractivity contribution in [1.82, 2.24) is 4.90 Å². The molecule has 8 rings (SSSR count). The molecule has 0 aromatic rings. The Morgan fingerprint density at radius 2 is 1.73 bits per heavy atom. The molecule has 9 heteroatoms. The fourth-order valence-electron chi connectivity index (χ4n) is 14.3. The molecule has 272 valence electrons. The Kier molecular flexibility index (Phi) is 7.93. The molecule has 0 radical (unpaired) electrons. The number of aliphatic hydroxyl groups is 2. The van der Waals surface area contributed by atoms with Gasteiger partial charge < -0.3 is 33.9 Å². The van der Waals surface area contributed by atoms with E-state index in [4.69, 9.17) is 23.7 Å². The fraction of sp³-hybridized carbons (Fsp3) is 0.974. The van der Waals surface area contributed by atoms with Gasteiger partial charge in [0.2, 0.25) is 0 Å². The predicted molar refractivity (Wildman–Crippen MR) is 179 cm³/mol. The molecule has 0 aromatic carbocycles. The van der Waals surface area contributed by atoms with Crippen LogP contribution in [0.15, 0.2) is 0 Å². The number of carbonyl (C=O) groups excluding carboxylic acids is 1. The second-order valence-electron chi connectivity index (χ2n) is 19.3. The number of rotatable bonds is 6. The maximum atomic E-state index is 12.6. The molecule has 8 aliphatic rings. The second-order valence-corrected chi connectivity index (χ2v) is 19.3. The summed E-state index contributed by atoms with van der Waals surface area (Å²) in [5.74, 6) is 1.12. The number of nitrogens with zero attached hydrogens (tertiary/aromatic N) is 1. The van der Waals surface area contributed by atoms with E-state index in [1.54, 1.807) is 13.8 Å². The first-order chi connectivity index (χ1) is 22.5. The van der Waals surface area contributed by atoms with Crippen LogP contribution >= 0.6 is 0 Å². The van der Waals surface area contributed by atoms with Crippen molar-refractivity contribution in [3.63, 3.8) is 0 Å². The van der Waals surface area contributed by atoms with Crippen molar-refractivity contribution in [2.24, 2.45) is 50.7 Å². The lowest BCUT2D eigenvalue weighted by Crippen LogP contribution is -2.60. The maximum absolute atomic E-state index is 12.6. The number of carbonyl (C=O) groups is 1. The quantitative estimate of drug-likeness (QED) is 0.379. The highest BCUT2D eigenvalue weighted by Gasteiger charge is 2.84. The molecule has 5 saturated carbocycles. The van der Waals surface area contributed by atoms with Gasteiger partial charge in [-0.1, -0.05) is 34.6 Å². The maximum Gasteiger partial charge on any atom is 0.303 e. The lowest BCUT2D eigenvalue weighted by atomic mass is 9.41. The van der Waals surface area contributed by atoms with Gasteiger partial charge in [0.1, 0.15) is 0 Å². The van der Waals surface area contributed by atoms with Gasteiger partial charge in [0.05, 0.1) is 62.4 Å². The Bertz CT molecular complexity index is 1280. The van der Waals surface area contributed by atoms with Crippen LogP contribution in [0.5, 0.6) is 0 Å². The van der Waals surface area contributed by atoms with Crippen LogP contribution < -0.4 is 0 Å². The molecule has 9 nitrogen and oxygen atoms in total. The van der Waals surface area contributed by atoms with Crippen molar-refractivity contribution in [3.05, 3.63) is 0 Å². The van der Waals surface area contributed by atoms with Gasteiger partial charge in [0.25, 0.3) is 0 Å². The number of fused-ring (bicyclic) bond motifs is 4. The Morgan fingerprint density at radius 1 is 1.02 bits per heavy atom. The van der Waals surface area contributed by atoms with Crippen LogP contribution in [0.3, 0.4) is 0 Å². The molecule has 5 aliphatic carbocycles. The van der Waals surface area contributed by atoms with E-state index in [1.165, 1.54) is 32.6 Å². The van der Waals surface area contributed by atoms with Crippen molar-refractivity contribution in [2.45, 2.75) is 155 Å². The van der Waals surface area contributed by atoms with Crippen LogP contribution in [-0.4, -0.2) is 102 Å². The van der Waals surface area contributed by atoms with Gasteiger partial charge in [-0.25, -0.2) is 0 Å². The monoisotopic (exact) mass is 673 g/mol. The lowest BCUT2D eigenvalue weighted by molar-refractivity contribution is -0.256. The van der Waals surface area contributed by atoms with E-state index < -0.39 is 29.9 Å². The topological polar surface area (TPSA) is 107 Å². The molecule has 3 unspecified atom stereocenters. The Hall–Kier alpha value is -0.810. The third-order valence-electron chi connectivity index (χ3n) is 16.6. The zero-order valence-electron chi connectivity index (χ0n) is 30.8. The normalized spacial score (nSPS) is 52.1. The van der Waals surface area contributed by atoms with Crippen molar-refractivity contribution in [1.29, 1.82) is 0 Å². The molecule has 2 spiro atoms. The number of morpholine rings is 1. The molecule has 2 N–H and O–H groups in total. The van der Waals surface area contributed by atoms with E-state index in [2.05, 4.69) is 39.5 Å². The smallest absolute Gasteiger partial charge is 0.303 e. The van der Waals surface area contributed by atoms with E-state index in [1.807, 2.05) is 0 Å². The summed E-state index contributed by atoms with van der Waals surface area (Å²) < 4.78 is 31.1. The summed E-state index contributed by atoms with van der Waals surface area (Å²) in [4.78, 5) is 14.6. The largest absolute Gasteiger partial charge is 0.457 e. The molecule has 3 saturated heterocycles. The Labute approximate surface area is 288 Å². The van der Waals surface area contributed by atoms with E-state index in [9.17, 15) is 15.0 Å². The number of esters is 1. The molecule has 3 heterocycles. The average molecular weight is 674 g/mol. The minimum atomic E-state index is -1.25. The standard InChI is InChI=1S/C39H63NO8/c1-22-17-25(33(35(5,6)43)46-23(2)41)47-31-30(22)36(7)13-14-39-21-38(39)12-11-28(48-29-18-40(15-16-45-29)24-19-44-20-24)34(3,4)26(38)9-10-27(39)37(36,8)32(31)42/h22,24-33,42-43H,9-21H2,1-8H3/t22-,25?,26+,27?,28+,29+,30+,31?,32+,33+,36-,37-,38-,39+/m1/s1. The van der Waals surface area contributed by atoms with Gasteiger partial charge in [-0.2, -0.15) is 0 Å². The average Bonchev–Trinajstić information content (AvgIpc) is 3.61. The zero-order chi connectivity index (χ0) is 34.2. The van der Waals surface area contributed by atoms with E-state index >= 15 is 0 Å². The molecule has 14 atom stereocenters. The fourth-order valence-corrected chi connectivity index (χ4v) is 14.3. The van der Waals surface area contributed by atoms with Gasteiger partial charge in [-0.05, 0) is 111 Å². The molecular formula is C39H63NO8. The van der Waals surface area contributed by atoms with Crippen molar-refractivity contribution < 1.29 is 38.7 Å². The number of hydrogen-bond donors (Lipinski definition) is 2. The predicted octanol–water partition coefficient (Wildman–Crippen LogP) is 4.94. The van der Waals surface area contributed by atoms with Crippen LogP contribution in [0.2, 0.25) is 0 Å². The SMILES string of the molecule is CC(=O)O[C@@H](C1C[C@@H](C)[C@H]2C(O1)[C@H](O)[C@@]1(C)C3CC[C@H]4C(C)(C)[C@@H](O[C@H]5CN(C6COC6)CCO5)CC[C@@]45C[C@@]35CC[C@]21C)C(C)(C)O. The van der Waals surface area contributed by atoms with Crippen LogP contribution in [0.1, 0.15) is 107 Å². The first-order valence-electron chi connectivity index (χ1n) is 19.3. The van der Waals surface area contributed by atoms with Gasteiger partial charge in [-0.15, -0.1) is 0 Å². The van der Waals surface area contributed by atoms with E-state index in [-0.39, 0.29) is 52.0 Å². The number of aliphatic hydroxyl groups excluding tert-OH is 1. The Balaban J connectivity index is 1.03. The van der Waals surface area contributed by atoms with E-state index in [0.29, 0.717) is 29.7 Å². The number of hydrogen-bond acceptors (Lipinski definition) is 9. The molecular weight excluding hydrogens is 610 g/mol. The molecule has 0 bridgehead atoms. The minimum absolute atomic E-state index is 0.0504. The van der Waals surface area contributed by atoms with Gasteiger partial charge in [-0.3, -0.25) is 9.69 Å². The minimum Gasteiger partial charge on any atom is -0.457 e. The van der Waals surface area contributed by atoms with Gasteiger partial charge >= 0.3 is 5.97 Å². The lowest BCUT2D eigenvalue weighted by Gasteiger charge is -2.64. The summed E-state index contributed by atoms with van der Waals surface area (Å²) in [6, 6.07) is 0.508. The Morgan fingerprint density at radius 3 is 2.40 bits per heavy atom. The first-order valence-corrected chi connectivity index (χ1v) is 19.3. The van der Waals surface area contributed by atoms with Crippen molar-refractivity contribution in [2.75, 3.05) is 32.9 Å². The molecule has 0 amide bonds. The van der Waals surface area contributed by atoms with Crippen molar-refractivity contribution >= 4 is 5.97 Å². The van der Waals surface area contributed by atoms with Crippen LogP contribution in [-0.2, 0) is 28.5 Å². The highest BCUT2D eigenvalue weighted by Crippen LogP contribution is 2.89. The van der Waals surface area contributed by atoms with Gasteiger partial charge in [0, 0.05) is 18.9 Å². The highest BCUT2D eigenvalue weighted by molar-refractivity contribution is 5.66. The summed E-state index contributed by atoms with van der Waals surface area (Å²) in [6.45, 7) is 21.0. The molecule has 48 heavy (non-hydrogen) atoms. The summed E-state index contributed by atoms with van der Waals surface area (Å²) in [5.41, 5.74) is -0.943. The van der Waals surface area contributed by atoms with Crippen LogP contribution in [0.4, 0.5) is 0 Å². The second kappa shape index (κ2) is 11.1. The van der Waals surface area contributed by atoms with Crippen LogP contribution in [0.25, 0.3) is 0 Å². The molecule has 3 aliphatic heterocycles. The third-order valence-corrected chi connectivity index (χ3v) is 16.6. The van der Waals surface area contributed by atoms with Crippen molar-refractivity contribution in [3.8, 4) is 0 Å².